The Labute approximate surface area is 78.6 Å². The van der Waals surface area contributed by atoms with Gasteiger partial charge in [-0.15, -0.1) is 0 Å². The van der Waals surface area contributed by atoms with E-state index in [0.29, 0.717) is 11.8 Å². The summed E-state index contributed by atoms with van der Waals surface area (Å²) in [7, 11) is -2.34. The minimum absolute atomic E-state index is 0.0381. The molecule has 0 radical (unpaired) electrons. The number of hydrogen-bond acceptors (Lipinski definition) is 3. The zero-order chi connectivity index (χ0) is 9.38. The van der Waals surface area contributed by atoms with Gasteiger partial charge in [0.1, 0.15) is 12.2 Å². The largest absolute Gasteiger partial charge is 0.370 e. The summed E-state index contributed by atoms with van der Waals surface area (Å²) in [6, 6.07) is 0. The van der Waals surface area contributed by atoms with Gasteiger partial charge in [-0.3, -0.25) is 4.18 Å². The first-order valence-corrected chi connectivity index (χ1v) is 6.43. The van der Waals surface area contributed by atoms with E-state index in [0.717, 1.165) is 0 Å². The van der Waals surface area contributed by atoms with E-state index < -0.39 is 9.80 Å². The van der Waals surface area contributed by atoms with Crippen LogP contribution in [-0.4, -0.2) is 33.6 Å². The van der Waals surface area contributed by atoms with Crippen molar-refractivity contribution in [2.24, 2.45) is 11.8 Å². The Kier molecular flexibility index (Phi) is 1.35. The van der Waals surface area contributed by atoms with Gasteiger partial charge < -0.3 is 4.74 Å². The smallest absolute Gasteiger partial charge is 0.107 e. The molecule has 3 nitrogen and oxygen atoms in total. The average molecular weight is 202 g/mol. The lowest BCUT2D eigenvalue weighted by Crippen LogP contribution is -2.38. The van der Waals surface area contributed by atoms with Gasteiger partial charge in [-0.2, -0.15) is 0 Å². The second kappa shape index (κ2) is 2.12. The molecule has 0 aromatic rings. The van der Waals surface area contributed by atoms with Gasteiger partial charge in [-0.05, 0) is 5.87 Å². The first kappa shape index (κ1) is 8.26. The minimum Gasteiger partial charge on any atom is -0.370 e. The number of ether oxygens (including phenoxy) is 1. The van der Waals surface area contributed by atoms with Crippen LogP contribution in [0, 0.1) is 11.8 Å². The highest BCUT2D eigenvalue weighted by molar-refractivity contribution is 7.96. The SMILES string of the molecule is C=S1(=O)OC2C(C)C3OC2C1C3C. The zero-order valence-corrected chi connectivity index (χ0v) is 8.62. The second-order valence-electron chi connectivity index (χ2n) is 4.47. The van der Waals surface area contributed by atoms with Gasteiger partial charge in [0.2, 0.25) is 0 Å². The molecule has 0 saturated carbocycles. The molecule has 0 N–H and O–H groups in total. The Hall–Kier alpha value is -0.0600. The maximum absolute atomic E-state index is 12.0. The fraction of sp³-hybridized carbons (Fsp3) is 0.889. The molecule has 3 fully saturated rings. The minimum atomic E-state index is -2.34. The van der Waals surface area contributed by atoms with E-state index in [9.17, 15) is 4.21 Å². The third-order valence-corrected chi connectivity index (χ3v) is 5.80. The van der Waals surface area contributed by atoms with Gasteiger partial charge in [-0.1, -0.05) is 13.8 Å². The van der Waals surface area contributed by atoms with Crippen LogP contribution in [0.5, 0.6) is 0 Å². The quantitative estimate of drug-likeness (QED) is 0.535. The lowest BCUT2D eigenvalue weighted by Gasteiger charge is -2.23. The van der Waals surface area contributed by atoms with Crippen molar-refractivity contribution in [2.45, 2.75) is 37.4 Å². The molecule has 3 saturated heterocycles. The summed E-state index contributed by atoms with van der Waals surface area (Å²) in [5.74, 6) is 4.41. The second-order valence-corrected chi connectivity index (χ2v) is 6.53. The van der Waals surface area contributed by atoms with Crippen LogP contribution >= 0.6 is 0 Å². The van der Waals surface area contributed by atoms with Crippen molar-refractivity contribution >= 4 is 15.7 Å². The summed E-state index contributed by atoms with van der Waals surface area (Å²) in [4.78, 5) is 0. The molecule has 13 heavy (non-hydrogen) atoms. The van der Waals surface area contributed by atoms with Crippen LogP contribution in [0.2, 0.25) is 0 Å². The van der Waals surface area contributed by atoms with Gasteiger partial charge in [-0.25, -0.2) is 4.21 Å². The van der Waals surface area contributed by atoms with Crippen molar-refractivity contribution in [3.63, 3.8) is 0 Å². The molecule has 7 atom stereocenters. The molecule has 74 valence electrons. The number of fused-ring (bicyclic) bond motifs is 1. The van der Waals surface area contributed by atoms with Crippen LogP contribution in [-0.2, 0) is 18.7 Å². The van der Waals surface area contributed by atoms with Crippen molar-refractivity contribution in [1.29, 1.82) is 0 Å². The maximum Gasteiger partial charge on any atom is 0.107 e. The summed E-state index contributed by atoms with van der Waals surface area (Å²) in [6.07, 6.45) is 0.335. The molecular formula is C9H14O3S. The fourth-order valence-electron chi connectivity index (χ4n) is 3.15. The van der Waals surface area contributed by atoms with Gasteiger partial charge >= 0.3 is 0 Å². The number of rotatable bonds is 0. The highest BCUT2D eigenvalue weighted by Crippen LogP contribution is 2.52. The first-order chi connectivity index (χ1) is 6.02. The van der Waals surface area contributed by atoms with E-state index in [2.05, 4.69) is 19.7 Å². The van der Waals surface area contributed by atoms with E-state index in [-0.39, 0.29) is 23.6 Å². The molecule has 4 heteroatoms. The topological polar surface area (TPSA) is 35.5 Å². The fourth-order valence-corrected chi connectivity index (χ4v) is 5.37. The van der Waals surface area contributed by atoms with Crippen molar-refractivity contribution in [2.75, 3.05) is 0 Å². The van der Waals surface area contributed by atoms with Gasteiger partial charge in [0, 0.05) is 11.8 Å². The van der Waals surface area contributed by atoms with Gasteiger partial charge in [0.05, 0.1) is 21.2 Å². The third kappa shape index (κ3) is 0.778. The van der Waals surface area contributed by atoms with Crippen LogP contribution in [0.1, 0.15) is 13.8 Å². The Morgan fingerprint density at radius 1 is 1.15 bits per heavy atom. The van der Waals surface area contributed by atoms with Crippen molar-refractivity contribution < 1.29 is 13.1 Å². The Bertz CT molecular complexity index is 348. The molecule has 3 rings (SSSR count). The van der Waals surface area contributed by atoms with Gasteiger partial charge in [0.25, 0.3) is 0 Å². The summed E-state index contributed by atoms with van der Waals surface area (Å²) in [6.45, 7) is 4.21. The molecule has 2 bridgehead atoms. The predicted octanol–water partition coefficient (Wildman–Crippen LogP) is 0.438. The maximum atomic E-state index is 12.0. The average Bonchev–Trinajstić information content (AvgIpc) is 2.54. The summed E-state index contributed by atoms with van der Waals surface area (Å²) >= 11 is 0. The Balaban J connectivity index is 2.14. The van der Waals surface area contributed by atoms with Crippen LogP contribution in [0.15, 0.2) is 0 Å². The van der Waals surface area contributed by atoms with E-state index >= 15 is 0 Å². The highest BCUT2D eigenvalue weighted by Gasteiger charge is 2.65. The summed E-state index contributed by atoms with van der Waals surface area (Å²) in [5, 5.41) is 0.0405. The molecule has 0 aromatic carbocycles. The predicted molar refractivity (Wildman–Crippen MR) is 50.9 cm³/mol. The van der Waals surface area contributed by atoms with E-state index in [1.807, 2.05) is 0 Å². The van der Waals surface area contributed by atoms with Crippen LogP contribution in [0.4, 0.5) is 0 Å². The van der Waals surface area contributed by atoms with Crippen molar-refractivity contribution in [1.82, 2.24) is 0 Å². The van der Waals surface area contributed by atoms with Gasteiger partial charge in [0.15, 0.2) is 0 Å². The molecule has 0 spiro atoms. The first-order valence-electron chi connectivity index (χ1n) is 4.72. The Morgan fingerprint density at radius 2 is 1.85 bits per heavy atom. The molecular weight excluding hydrogens is 188 g/mol. The number of hydrogen-bond donors (Lipinski definition) is 0. The third-order valence-electron chi connectivity index (χ3n) is 3.72. The molecule has 3 aliphatic heterocycles. The van der Waals surface area contributed by atoms with Crippen LogP contribution < -0.4 is 0 Å². The van der Waals surface area contributed by atoms with Crippen LogP contribution in [0.25, 0.3) is 0 Å². The highest BCUT2D eigenvalue weighted by atomic mass is 32.2. The monoisotopic (exact) mass is 202 g/mol. The van der Waals surface area contributed by atoms with Crippen molar-refractivity contribution in [3.05, 3.63) is 0 Å². The molecule has 0 aliphatic carbocycles. The zero-order valence-electron chi connectivity index (χ0n) is 7.80. The summed E-state index contributed by atoms with van der Waals surface area (Å²) < 4.78 is 23.3. The van der Waals surface area contributed by atoms with Crippen molar-refractivity contribution in [3.8, 4) is 0 Å². The summed E-state index contributed by atoms with van der Waals surface area (Å²) in [5.41, 5.74) is 0. The molecule has 3 heterocycles. The molecule has 0 amide bonds. The lowest BCUT2D eigenvalue weighted by molar-refractivity contribution is 0.0756. The molecule has 3 aliphatic rings. The normalized spacial score (nSPS) is 69.1. The molecule has 0 aromatic heterocycles. The molecule has 7 unspecified atom stereocenters. The standard InChI is InChI=1S/C9H14O3S/c1-4-6-5(2)9-8(11-6)7(4)12-13(9,3)10/h4-9H,3H2,1-2H3. The van der Waals surface area contributed by atoms with E-state index in [4.69, 9.17) is 8.92 Å². The van der Waals surface area contributed by atoms with E-state index in [1.54, 1.807) is 0 Å². The lowest BCUT2D eigenvalue weighted by atomic mass is 9.81. The van der Waals surface area contributed by atoms with E-state index in [1.165, 1.54) is 0 Å². The van der Waals surface area contributed by atoms with Crippen LogP contribution in [0.3, 0.4) is 0 Å². The Morgan fingerprint density at radius 3 is 2.46 bits per heavy atom.